The molecule has 6 nitrogen and oxygen atoms in total. The predicted molar refractivity (Wildman–Crippen MR) is 110 cm³/mol. The Balaban J connectivity index is 1.75. The van der Waals surface area contributed by atoms with Crippen LogP contribution in [-0.4, -0.2) is 50.6 Å². The average molecular weight is 391 g/mol. The number of nitrogens with zero attached hydrogens (tertiary/aromatic N) is 1. The topological polar surface area (TPSA) is 67.9 Å². The van der Waals surface area contributed by atoms with Crippen LogP contribution in [0.2, 0.25) is 0 Å². The number of amides is 2. The van der Waals surface area contributed by atoms with Gasteiger partial charge in [0.25, 0.3) is 0 Å². The number of carbonyl (C=O) groups is 2. The molecular formula is C22H34N2O4. The van der Waals surface area contributed by atoms with Gasteiger partial charge in [0.2, 0.25) is 11.8 Å². The van der Waals surface area contributed by atoms with Gasteiger partial charge in [-0.25, -0.2) is 0 Å². The van der Waals surface area contributed by atoms with Gasteiger partial charge >= 0.3 is 0 Å². The zero-order chi connectivity index (χ0) is 20.5. The maximum Gasteiger partial charge on any atom is 0.223 e. The number of piperidine rings is 1. The summed E-state index contributed by atoms with van der Waals surface area (Å²) >= 11 is 0. The van der Waals surface area contributed by atoms with Crippen molar-refractivity contribution in [2.75, 3.05) is 33.9 Å². The highest BCUT2D eigenvalue weighted by molar-refractivity contribution is 5.80. The Morgan fingerprint density at radius 2 is 1.82 bits per heavy atom. The van der Waals surface area contributed by atoms with E-state index in [9.17, 15) is 9.59 Å². The van der Waals surface area contributed by atoms with Gasteiger partial charge in [0.15, 0.2) is 11.5 Å². The van der Waals surface area contributed by atoms with Crippen molar-refractivity contribution in [1.29, 1.82) is 0 Å². The van der Waals surface area contributed by atoms with Gasteiger partial charge in [-0.15, -0.1) is 0 Å². The molecule has 0 spiro atoms. The van der Waals surface area contributed by atoms with Crippen LogP contribution in [0.5, 0.6) is 11.5 Å². The second-order valence-electron chi connectivity index (χ2n) is 7.82. The van der Waals surface area contributed by atoms with E-state index < -0.39 is 0 Å². The first-order valence-electron chi connectivity index (χ1n) is 10.2. The van der Waals surface area contributed by atoms with Crippen LogP contribution in [0.3, 0.4) is 0 Å². The normalized spacial score (nSPS) is 14.8. The predicted octanol–water partition coefficient (Wildman–Crippen LogP) is 3.04. The Hall–Kier alpha value is -2.24. The van der Waals surface area contributed by atoms with Crippen molar-refractivity contribution in [1.82, 2.24) is 10.2 Å². The summed E-state index contributed by atoms with van der Waals surface area (Å²) in [5.41, 5.74) is 1.05. The number of methoxy groups -OCH3 is 2. The first kappa shape index (κ1) is 22.1. The third kappa shape index (κ3) is 6.43. The first-order valence-corrected chi connectivity index (χ1v) is 10.2. The first-order chi connectivity index (χ1) is 13.4. The summed E-state index contributed by atoms with van der Waals surface area (Å²) < 4.78 is 10.6. The van der Waals surface area contributed by atoms with Crippen LogP contribution in [0.4, 0.5) is 0 Å². The molecule has 0 aliphatic carbocycles. The van der Waals surface area contributed by atoms with Crippen LogP contribution in [0, 0.1) is 11.8 Å². The van der Waals surface area contributed by atoms with E-state index in [4.69, 9.17) is 9.47 Å². The van der Waals surface area contributed by atoms with Gasteiger partial charge in [0.05, 0.1) is 14.2 Å². The maximum absolute atomic E-state index is 12.5. The van der Waals surface area contributed by atoms with E-state index in [-0.39, 0.29) is 17.7 Å². The molecule has 0 atom stereocenters. The molecule has 1 aliphatic heterocycles. The van der Waals surface area contributed by atoms with E-state index in [1.54, 1.807) is 14.2 Å². The summed E-state index contributed by atoms with van der Waals surface area (Å²) in [5.74, 6) is 2.27. The van der Waals surface area contributed by atoms with Crippen LogP contribution < -0.4 is 14.8 Å². The minimum absolute atomic E-state index is 0.0297. The average Bonchev–Trinajstić information content (AvgIpc) is 2.71. The van der Waals surface area contributed by atoms with E-state index in [1.165, 1.54) is 0 Å². The highest BCUT2D eigenvalue weighted by Crippen LogP contribution is 2.28. The molecule has 1 fully saturated rings. The number of benzene rings is 1. The minimum Gasteiger partial charge on any atom is -0.493 e. The quantitative estimate of drug-likeness (QED) is 0.704. The molecule has 1 N–H and O–H groups in total. The van der Waals surface area contributed by atoms with Gasteiger partial charge in [-0.2, -0.15) is 0 Å². The van der Waals surface area contributed by atoms with E-state index in [1.807, 2.05) is 23.1 Å². The van der Waals surface area contributed by atoms with E-state index >= 15 is 0 Å². The smallest absolute Gasteiger partial charge is 0.223 e. The number of carbonyl (C=O) groups excluding carboxylic acids is 2. The fourth-order valence-electron chi connectivity index (χ4n) is 3.46. The number of aryl methyl sites for hydroxylation is 1. The lowest BCUT2D eigenvalue weighted by Gasteiger charge is -2.31. The molecule has 2 amide bonds. The molecule has 0 saturated carbocycles. The second-order valence-corrected chi connectivity index (χ2v) is 7.82. The molecular weight excluding hydrogens is 356 g/mol. The van der Waals surface area contributed by atoms with Crippen LogP contribution in [0.25, 0.3) is 0 Å². The zero-order valence-electron chi connectivity index (χ0n) is 17.6. The fourth-order valence-corrected chi connectivity index (χ4v) is 3.46. The van der Waals surface area contributed by atoms with Crippen molar-refractivity contribution < 1.29 is 19.1 Å². The summed E-state index contributed by atoms with van der Waals surface area (Å²) in [4.78, 5) is 26.7. The lowest BCUT2D eigenvalue weighted by atomic mass is 9.95. The van der Waals surface area contributed by atoms with Gasteiger partial charge in [0.1, 0.15) is 0 Å². The summed E-state index contributed by atoms with van der Waals surface area (Å²) in [6.07, 6.45) is 3.61. The molecule has 28 heavy (non-hydrogen) atoms. The summed E-state index contributed by atoms with van der Waals surface area (Å²) in [7, 11) is 3.21. The van der Waals surface area contributed by atoms with E-state index in [2.05, 4.69) is 19.2 Å². The SMILES string of the molecule is COc1ccc(CCC(=O)N2CCC(C(=O)NCCC(C)C)CC2)cc1OC. The Kier molecular flexibility index (Phi) is 8.61. The highest BCUT2D eigenvalue weighted by atomic mass is 16.5. The Bertz CT molecular complexity index is 652. The van der Waals surface area contributed by atoms with Gasteiger partial charge in [-0.3, -0.25) is 9.59 Å². The second kappa shape index (κ2) is 10.9. The lowest BCUT2D eigenvalue weighted by Crippen LogP contribution is -2.43. The van der Waals surface area contributed by atoms with Gasteiger partial charge in [0, 0.05) is 32.0 Å². The van der Waals surface area contributed by atoms with Crippen molar-refractivity contribution in [3.63, 3.8) is 0 Å². The molecule has 6 heteroatoms. The van der Waals surface area contributed by atoms with Crippen molar-refractivity contribution in [2.24, 2.45) is 11.8 Å². The molecule has 1 aromatic rings. The van der Waals surface area contributed by atoms with E-state index in [0.29, 0.717) is 43.3 Å². The van der Waals surface area contributed by atoms with Crippen LogP contribution in [-0.2, 0) is 16.0 Å². The minimum atomic E-state index is 0.0297. The molecule has 1 aromatic carbocycles. The van der Waals surface area contributed by atoms with Gasteiger partial charge in [-0.05, 0) is 49.3 Å². The number of hydrogen-bond acceptors (Lipinski definition) is 4. The molecule has 1 saturated heterocycles. The van der Waals surface area contributed by atoms with Crippen LogP contribution >= 0.6 is 0 Å². The number of ether oxygens (including phenoxy) is 2. The fraction of sp³-hybridized carbons (Fsp3) is 0.636. The molecule has 1 aliphatic rings. The monoisotopic (exact) mass is 390 g/mol. The lowest BCUT2D eigenvalue weighted by molar-refractivity contribution is -0.135. The zero-order valence-corrected chi connectivity index (χ0v) is 17.6. The summed E-state index contributed by atoms with van der Waals surface area (Å²) in [6, 6.07) is 5.74. The summed E-state index contributed by atoms with van der Waals surface area (Å²) in [5, 5.41) is 3.03. The summed E-state index contributed by atoms with van der Waals surface area (Å²) in [6.45, 7) is 6.36. The molecule has 0 radical (unpaired) electrons. The Morgan fingerprint density at radius 1 is 1.14 bits per heavy atom. The van der Waals surface area contributed by atoms with Gasteiger partial charge in [-0.1, -0.05) is 19.9 Å². The van der Waals surface area contributed by atoms with Crippen molar-refractivity contribution in [2.45, 2.75) is 46.0 Å². The standard InChI is InChI=1S/C22H34N2O4/c1-16(2)9-12-23-22(26)18-10-13-24(14-11-18)21(25)8-6-17-5-7-19(27-3)20(15-17)28-4/h5,7,15-16,18H,6,8-14H2,1-4H3,(H,23,26). The number of nitrogens with one attached hydrogen (secondary N) is 1. The van der Waals surface area contributed by atoms with Crippen molar-refractivity contribution in [3.8, 4) is 11.5 Å². The number of hydrogen-bond donors (Lipinski definition) is 1. The number of likely N-dealkylation sites (tertiary alicyclic amines) is 1. The van der Waals surface area contributed by atoms with E-state index in [0.717, 1.165) is 31.4 Å². The molecule has 156 valence electrons. The Labute approximate surface area is 168 Å². The maximum atomic E-state index is 12.5. The number of rotatable bonds is 9. The van der Waals surface area contributed by atoms with Gasteiger partial charge < -0.3 is 19.7 Å². The molecule has 0 bridgehead atoms. The third-order valence-electron chi connectivity index (χ3n) is 5.31. The van der Waals surface area contributed by atoms with Crippen molar-refractivity contribution >= 4 is 11.8 Å². The molecule has 1 heterocycles. The van der Waals surface area contributed by atoms with Crippen molar-refractivity contribution in [3.05, 3.63) is 23.8 Å². The highest BCUT2D eigenvalue weighted by Gasteiger charge is 2.27. The van der Waals surface area contributed by atoms with Crippen LogP contribution in [0.1, 0.15) is 45.1 Å². The molecule has 0 unspecified atom stereocenters. The third-order valence-corrected chi connectivity index (χ3v) is 5.31. The Morgan fingerprint density at radius 3 is 2.43 bits per heavy atom. The molecule has 2 rings (SSSR count). The largest absolute Gasteiger partial charge is 0.493 e. The van der Waals surface area contributed by atoms with Crippen LogP contribution in [0.15, 0.2) is 18.2 Å². The molecule has 0 aromatic heterocycles.